The Morgan fingerprint density at radius 1 is 1.53 bits per heavy atom. The highest BCUT2D eigenvalue weighted by molar-refractivity contribution is 6.33. The molecule has 0 spiro atoms. The van der Waals surface area contributed by atoms with Crippen molar-refractivity contribution in [1.29, 1.82) is 0 Å². The van der Waals surface area contributed by atoms with Gasteiger partial charge in [-0.25, -0.2) is 0 Å². The Morgan fingerprint density at radius 3 is 2.67 bits per heavy atom. The lowest BCUT2D eigenvalue weighted by Crippen LogP contribution is -2.21. The molecule has 5 heteroatoms. The lowest BCUT2D eigenvalue weighted by atomic mass is 10.2. The van der Waals surface area contributed by atoms with Crippen molar-refractivity contribution in [2.45, 2.75) is 0 Å². The number of hydrogen-bond donors (Lipinski definition) is 2. The summed E-state index contributed by atoms with van der Waals surface area (Å²) in [5.41, 5.74) is 6.74. The summed E-state index contributed by atoms with van der Waals surface area (Å²) in [5, 5.41) is 3.22. The summed E-state index contributed by atoms with van der Waals surface area (Å²) < 4.78 is 0. The summed E-state index contributed by atoms with van der Waals surface area (Å²) in [7, 11) is 3.80. The van der Waals surface area contributed by atoms with Crippen LogP contribution in [0.3, 0.4) is 0 Å². The molecule has 0 fully saturated rings. The van der Waals surface area contributed by atoms with Crippen LogP contribution in [-0.4, -0.2) is 26.5 Å². The SMILES string of the molecule is CN(C)c1ccc(NC(=O)CN)cc1Cl. The Labute approximate surface area is 94.0 Å². The number of rotatable bonds is 3. The zero-order chi connectivity index (χ0) is 11.4. The monoisotopic (exact) mass is 227 g/mol. The molecule has 0 unspecified atom stereocenters. The van der Waals surface area contributed by atoms with Gasteiger partial charge in [0.15, 0.2) is 0 Å². The molecular weight excluding hydrogens is 214 g/mol. The first-order chi connectivity index (χ1) is 7.04. The Balaban J connectivity index is 2.87. The first kappa shape index (κ1) is 11.8. The Hall–Kier alpha value is -1.26. The molecule has 1 aromatic carbocycles. The van der Waals surface area contributed by atoms with E-state index in [0.717, 1.165) is 5.69 Å². The van der Waals surface area contributed by atoms with Crippen LogP contribution < -0.4 is 16.0 Å². The third-order valence-corrected chi connectivity index (χ3v) is 2.20. The van der Waals surface area contributed by atoms with Crippen LogP contribution >= 0.6 is 11.6 Å². The minimum Gasteiger partial charge on any atom is -0.376 e. The fraction of sp³-hybridized carbons (Fsp3) is 0.300. The number of amides is 1. The van der Waals surface area contributed by atoms with Gasteiger partial charge in [0.2, 0.25) is 5.91 Å². The summed E-state index contributed by atoms with van der Waals surface area (Å²) in [5.74, 6) is -0.233. The van der Waals surface area contributed by atoms with Gasteiger partial charge >= 0.3 is 0 Å². The molecule has 0 saturated carbocycles. The van der Waals surface area contributed by atoms with Gasteiger partial charge in [-0.1, -0.05) is 11.6 Å². The van der Waals surface area contributed by atoms with E-state index in [1.54, 1.807) is 12.1 Å². The van der Waals surface area contributed by atoms with Crippen LogP contribution in [0.4, 0.5) is 11.4 Å². The number of hydrogen-bond acceptors (Lipinski definition) is 3. The largest absolute Gasteiger partial charge is 0.376 e. The third kappa shape index (κ3) is 3.11. The van der Waals surface area contributed by atoms with Gasteiger partial charge in [0, 0.05) is 19.8 Å². The first-order valence-corrected chi connectivity index (χ1v) is 4.89. The van der Waals surface area contributed by atoms with Gasteiger partial charge in [-0.15, -0.1) is 0 Å². The highest BCUT2D eigenvalue weighted by Gasteiger charge is 2.05. The highest BCUT2D eigenvalue weighted by Crippen LogP contribution is 2.27. The van der Waals surface area contributed by atoms with E-state index in [1.165, 1.54) is 0 Å². The molecule has 0 bridgehead atoms. The van der Waals surface area contributed by atoms with Crippen molar-refractivity contribution in [3.05, 3.63) is 23.2 Å². The summed E-state index contributed by atoms with van der Waals surface area (Å²) >= 11 is 6.03. The van der Waals surface area contributed by atoms with Crippen molar-refractivity contribution in [2.24, 2.45) is 5.73 Å². The van der Waals surface area contributed by atoms with Crippen molar-refractivity contribution in [1.82, 2.24) is 0 Å². The maximum absolute atomic E-state index is 11.0. The zero-order valence-corrected chi connectivity index (χ0v) is 9.51. The maximum atomic E-state index is 11.0. The van der Waals surface area contributed by atoms with Crippen molar-refractivity contribution >= 4 is 28.9 Å². The summed E-state index contributed by atoms with van der Waals surface area (Å²) in [6, 6.07) is 5.33. The zero-order valence-electron chi connectivity index (χ0n) is 8.75. The van der Waals surface area contributed by atoms with Gasteiger partial charge < -0.3 is 16.0 Å². The molecule has 0 aliphatic carbocycles. The van der Waals surface area contributed by atoms with Crippen molar-refractivity contribution < 1.29 is 4.79 Å². The molecule has 0 atom stereocenters. The fourth-order valence-corrected chi connectivity index (χ4v) is 1.51. The maximum Gasteiger partial charge on any atom is 0.238 e. The smallest absolute Gasteiger partial charge is 0.238 e. The summed E-state index contributed by atoms with van der Waals surface area (Å²) in [6.07, 6.45) is 0. The third-order valence-electron chi connectivity index (χ3n) is 1.90. The second kappa shape index (κ2) is 5.00. The average Bonchev–Trinajstić information content (AvgIpc) is 2.17. The lowest BCUT2D eigenvalue weighted by molar-refractivity contribution is -0.114. The van der Waals surface area contributed by atoms with Crippen LogP contribution in [0.25, 0.3) is 0 Å². The van der Waals surface area contributed by atoms with Crippen LogP contribution in [0.15, 0.2) is 18.2 Å². The molecule has 1 rings (SSSR count). The minimum atomic E-state index is -0.233. The number of anilines is 2. The quantitative estimate of drug-likeness (QED) is 0.819. The van der Waals surface area contributed by atoms with Crippen molar-refractivity contribution in [2.75, 3.05) is 30.9 Å². The molecule has 0 heterocycles. The van der Waals surface area contributed by atoms with Gasteiger partial charge in [-0.3, -0.25) is 4.79 Å². The normalized spacial score (nSPS) is 9.87. The van der Waals surface area contributed by atoms with Crippen molar-refractivity contribution in [3.63, 3.8) is 0 Å². The van der Waals surface area contributed by atoms with E-state index in [4.69, 9.17) is 17.3 Å². The number of benzene rings is 1. The van der Waals surface area contributed by atoms with Gasteiger partial charge in [0.1, 0.15) is 0 Å². The molecule has 1 amide bonds. The fourth-order valence-electron chi connectivity index (χ4n) is 1.16. The Bertz CT molecular complexity index is 366. The van der Waals surface area contributed by atoms with E-state index >= 15 is 0 Å². The van der Waals surface area contributed by atoms with Crippen LogP contribution in [0.1, 0.15) is 0 Å². The van der Waals surface area contributed by atoms with Crippen LogP contribution in [0, 0.1) is 0 Å². The Morgan fingerprint density at radius 2 is 2.20 bits per heavy atom. The minimum absolute atomic E-state index is 0.0347. The number of carbonyl (C=O) groups excluding carboxylic acids is 1. The van der Waals surface area contributed by atoms with E-state index in [0.29, 0.717) is 10.7 Å². The molecule has 15 heavy (non-hydrogen) atoms. The molecule has 0 saturated heterocycles. The predicted octanol–water partition coefficient (Wildman–Crippen LogP) is 1.30. The standard InChI is InChI=1S/C10H14ClN3O/c1-14(2)9-4-3-7(5-8(9)11)13-10(15)6-12/h3-5H,6,12H2,1-2H3,(H,13,15). The molecule has 4 nitrogen and oxygen atoms in total. The predicted molar refractivity (Wildman–Crippen MR) is 63.5 cm³/mol. The molecule has 0 aromatic heterocycles. The van der Waals surface area contributed by atoms with E-state index in [-0.39, 0.29) is 12.5 Å². The molecule has 0 aliphatic rings. The number of nitrogens with two attached hydrogens (primary N) is 1. The van der Waals surface area contributed by atoms with E-state index in [9.17, 15) is 4.79 Å². The molecule has 0 aliphatic heterocycles. The second-order valence-electron chi connectivity index (χ2n) is 3.31. The molecule has 0 radical (unpaired) electrons. The Kier molecular flexibility index (Phi) is 3.94. The molecular formula is C10H14ClN3O. The van der Waals surface area contributed by atoms with E-state index in [2.05, 4.69) is 5.32 Å². The number of nitrogens with one attached hydrogen (secondary N) is 1. The van der Waals surface area contributed by atoms with Crippen LogP contribution in [0.2, 0.25) is 5.02 Å². The van der Waals surface area contributed by atoms with Crippen LogP contribution in [0.5, 0.6) is 0 Å². The van der Waals surface area contributed by atoms with Gasteiger partial charge in [-0.05, 0) is 18.2 Å². The molecule has 82 valence electrons. The van der Waals surface area contributed by atoms with Gasteiger partial charge in [0.25, 0.3) is 0 Å². The molecule has 1 aromatic rings. The summed E-state index contributed by atoms with van der Waals surface area (Å²) in [6.45, 7) is -0.0347. The van der Waals surface area contributed by atoms with Crippen LogP contribution in [-0.2, 0) is 4.79 Å². The average molecular weight is 228 g/mol. The second-order valence-corrected chi connectivity index (χ2v) is 3.72. The highest BCUT2D eigenvalue weighted by atomic mass is 35.5. The number of nitrogens with zero attached hydrogens (tertiary/aromatic N) is 1. The van der Waals surface area contributed by atoms with Gasteiger partial charge in [0.05, 0.1) is 17.3 Å². The molecule has 3 N–H and O–H groups in total. The topological polar surface area (TPSA) is 58.4 Å². The number of carbonyl (C=O) groups is 1. The van der Waals surface area contributed by atoms with E-state index in [1.807, 2.05) is 25.1 Å². The number of halogens is 1. The van der Waals surface area contributed by atoms with E-state index < -0.39 is 0 Å². The van der Waals surface area contributed by atoms with Gasteiger partial charge in [-0.2, -0.15) is 0 Å². The first-order valence-electron chi connectivity index (χ1n) is 4.51. The summed E-state index contributed by atoms with van der Waals surface area (Å²) in [4.78, 5) is 12.9. The lowest BCUT2D eigenvalue weighted by Gasteiger charge is -2.15. The van der Waals surface area contributed by atoms with Crippen molar-refractivity contribution in [3.8, 4) is 0 Å².